The van der Waals surface area contributed by atoms with E-state index in [-0.39, 0.29) is 30.1 Å². The second-order valence-electron chi connectivity index (χ2n) is 6.21. The Morgan fingerprint density at radius 2 is 2.00 bits per heavy atom. The first-order valence-corrected chi connectivity index (χ1v) is 8.21. The van der Waals surface area contributed by atoms with E-state index in [4.69, 9.17) is 0 Å². The molecule has 1 aromatic carbocycles. The third-order valence-corrected chi connectivity index (χ3v) is 4.40. The lowest BCUT2D eigenvalue weighted by atomic mass is 9.97. The van der Waals surface area contributed by atoms with Crippen molar-refractivity contribution in [1.82, 2.24) is 16.0 Å². The van der Waals surface area contributed by atoms with Gasteiger partial charge < -0.3 is 10.6 Å². The summed E-state index contributed by atoms with van der Waals surface area (Å²) in [5.41, 5.74) is 2.79. The van der Waals surface area contributed by atoms with Crippen LogP contribution in [0.4, 0.5) is 0 Å². The molecule has 1 fully saturated rings. The van der Waals surface area contributed by atoms with E-state index in [0.717, 1.165) is 25.1 Å². The summed E-state index contributed by atoms with van der Waals surface area (Å²) in [5.74, 6) is -0.830. The molecule has 0 saturated carbocycles. The minimum atomic E-state index is -0.302. The van der Waals surface area contributed by atoms with Gasteiger partial charge in [-0.15, -0.1) is 0 Å². The van der Waals surface area contributed by atoms with Crippen molar-refractivity contribution >= 4 is 17.7 Å². The number of amides is 3. The zero-order chi connectivity index (χ0) is 16.9. The van der Waals surface area contributed by atoms with Crippen LogP contribution in [0.15, 0.2) is 35.9 Å². The van der Waals surface area contributed by atoms with Crippen LogP contribution in [0.5, 0.6) is 0 Å². The monoisotopic (exact) mass is 327 g/mol. The van der Waals surface area contributed by atoms with Gasteiger partial charge in [-0.1, -0.05) is 23.8 Å². The third-order valence-electron chi connectivity index (χ3n) is 4.40. The molecular formula is C18H21N3O3. The summed E-state index contributed by atoms with van der Waals surface area (Å²) in [7, 11) is 0. The van der Waals surface area contributed by atoms with Gasteiger partial charge in [-0.3, -0.25) is 19.7 Å². The van der Waals surface area contributed by atoms with Gasteiger partial charge in [0, 0.05) is 25.1 Å². The van der Waals surface area contributed by atoms with E-state index >= 15 is 0 Å². The molecular weight excluding hydrogens is 306 g/mol. The topological polar surface area (TPSA) is 87.3 Å². The van der Waals surface area contributed by atoms with Crippen LogP contribution in [0, 0.1) is 5.92 Å². The van der Waals surface area contributed by atoms with E-state index in [1.807, 2.05) is 12.1 Å². The predicted molar refractivity (Wildman–Crippen MR) is 89.3 cm³/mol. The van der Waals surface area contributed by atoms with Crippen molar-refractivity contribution < 1.29 is 14.4 Å². The summed E-state index contributed by atoms with van der Waals surface area (Å²) < 4.78 is 0. The number of nitrogens with one attached hydrogen (secondary N) is 3. The Morgan fingerprint density at radius 3 is 2.62 bits per heavy atom. The molecule has 3 N–H and O–H groups in total. The van der Waals surface area contributed by atoms with Crippen molar-refractivity contribution in [1.29, 1.82) is 0 Å². The van der Waals surface area contributed by atoms with Crippen LogP contribution in [0.25, 0.3) is 0 Å². The molecule has 0 spiro atoms. The lowest BCUT2D eigenvalue weighted by Gasteiger charge is -2.14. The lowest BCUT2D eigenvalue weighted by Crippen LogP contribution is -2.29. The maximum Gasteiger partial charge on any atom is 0.251 e. The minimum Gasteiger partial charge on any atom is -0.348 e. The fourth-order valence-electron chi connectivity index (χ4n) is 2.97. The average molecular weight is 327 g/mol. The number of imide groups is 1. The summed E-state index contributed by atoms with van der Waals surface area (Å²) in [6.45, 7) is 2.39. The summed E-state index contributed by atoms with van der Waals surface area (Å²) in [6, 6.07) is 7.20. The first-order valence-electron chi connectivity index (χ1n) is 8.21. The van der Waals surface area contributed by atoms with E-state index in [0.29, 0.717) is 18.5 Å². The molecule has 1 atom stereocenters. The van der Waals surface area contributed by atoms with Crippen molar-refractivity contribution in [2.45, 2.75) is 19.3 Å². The highest BCUT2D eigenvalue weighted by Gasteiger charge is 2.30. The molecule has 6 heteroatoms. The Bertz CT molecular complexity index is 679. The van der Waals surface area contributed by atoms with Gasteiger partial charge in [-0.2, -0.15) is 0 Å². The van der Waals surface area contributed by atoms with Crippen molar-refractivity contribution in [3.8, 4) is 0 Å². The molecule has 1 unspecified atom stereocenters. The zero-order valence-corrected chi connectivity index (χ0v) is 13.4. The van der Waals surface area contributed by atoms with Gasteiger partial charge in [0.15, 0.2) is 0 Å². The average Bonchev–Trinajstić information content (AvgIpc) is 2.91. The van der Waals surface area contributed by atoms with Gasteiger partial charge in [0.05, 0.1) is 5.92 Å². The van der Waals surface area contributed by atoms with Crippen LogP contribution in [-0.4, -0.2) is 37.4 Å². The number of carbonyl (C=O) groups is 3. The van der Waals surface area contributed by atoms with Gasteiger partial charge in [-0.05, 0) is 37.1 Å². The highest BCUT2D eigenvalue weighted by Crippen LogP contribution is 2.17. The number of carbonyl (C=O) groups excluding carboxylic acids is 3. The van der Waals surface area contributed by atoms with Crippen LogP contribution in [0.3, 0.4) is 0 Å². The normalized spacial score (nSPS) is 20.5. The largest absolute Gasteiger partial charge is 0.348 e. The van der Waals surface area contributed by atoms with Gasteiger partial charge in [0.1, 0.15) is 0 Å². The maximum atomic E-state index is 12.2. The fourth-order valence-corrected chi connectivity index (χ4v) is 2.97. The van der Waals surface area contributed by atoms with Gasteiger partial charge in [0.2, 0.25) is 11.8 Å². The van der Waals surface area contributed by atoms with Crippen molar-refractivity contribution in [3.05, 3.63) is 47.0 Å². The zero-order valence-electron chi connectivity index (χ0n) is 13.4. The molecule has 126 valence electrons. The summed E-state index contributed by atoms with van der Waals surface area (Å²) >= 11 is 0. The SMILES string of the molecule is O=C1CC(Cc2ccc(C(=O)NCC3=CCNCC3)cc2)C(=O)N1. The Morgan fingerprint density at radius 1 is 1.21 bits per heavy atom. The van der Waals surface area contributed by atoms with E-state index in [9.17, 15) is 14.4 Å². The molecule has 1 aromatic rings. The van der Waals surface area contributed by atoms with Crippen LogP contribution in [0.2, 0.25) is 0 Å². The molecule has 2 heterocycles. The van der Waals surface area contributed by atoms with Crippen LogP contribution in [-0.2, 0) is 16.0 Å². The second kappa shape index (κ2) is 7.40. The first-order chi connectivity index (χ1) is 11.6. The molecule has 1 saturated heterocycles. The summed E-state index contributed by atoms with van der Waals surface area (Å²) in [5, 5.41) is 8.48. The predicted octanol–water partition coefficient (Wildman–Crippen LogP) is 0.541. The molecule has 2 aliphatic heterocycles. The molecule has 0 aliphatic carbocycles. The standard InChI is InChI=1S/C18H21N3O3/c22-16-10-15(18(24)21-16)9-12-1-3-14(4-2-12)17(23)20-11-13-5-7-19-8-6-13/h1-5,15,19H,6-11H2,(H,20,23)(H,21,22,24). The number of hydrogen-bond donors (Lipinski definition) is 3. The molecule has 24 heavy (non-hydrogen) atoms. The molecule has 3 rings (SSSR count). The minimum absolute atomic E-state index is 0.102. The van der Waals surface area contributed by atoms with E-state index < -0.39 is 0 Å². The third kappa shape index (κ3) is 4.08. The highest BCUT2D eigenvalue weighted by molar-refractivity contribution is 6.03. The quantitative estimate of drug-likeness (QED) is 0.544. The smallest absolute Gasteiger partial charge is 0.251 e. The van der Waals surface area contributed by atoms with Crippen molar-refractivity contribution in [2.24, 2.45) is 5.92 Å². The van der Waals surface area contributed by atoms with Crippen LogP contribution in [0.1, 0.15) is 28.8 Å². The maximum absolute atomic E-state index is 12.2. The summed E-state index contributed by atoms with van der Waals surface area (Å²) in [4.78, 5) is 35.0. The van der Waals surface area contributed by atoms with Gasteiger partial charge >= 0.3 is 0 Å². The van der Waals surface area contributed by atoms with Crippen molar-refractivity contribution in [2.75, 3.05) is 19.6 Å². The Hall–Kier alpha value is -2.47. The Labute approximate surface area is 140 Å². The van der Waals surface area contributed by atoms with Gasteiger partial charge in [0.25, 0.3) is 5.91 Å². The lowest BCUT2D eigenvalue weighted by molar-refractivity contribution is -0.125. The molecule has 6 nitrogen and oxygen atoms in total. The molecule has 0 radical (unpaired) electrons. The number of benzene rings is 1. The van der Waals surface area contributed by atoms with Crippen LogP contribution < -0.4 is 16.0 Å². The molecule has 3 amide bonds. The Balaban J connectivity index is 1.53. The number of hydrogen-bond acceptors (Lipinski definition) is 4. The molecule has 2 aliphatic rings. The molecule has 0 bridgehead atoms. The fraction of sp³-hybridized carbons (Fsp3) is 0.389. The second-order valence-corrected chi connectivity index (χ2v) is 6.21. The van der Waals surface area contributed by atoms with E-state index in [2.05, 4.69) is 22.0 Å². The van der Waals surface area contributed by atoms with E-state index in [1.165, 1.54) is 5.57 Å². The van der Waals surface area contributed by atoms with E-state index in [1.54, 1.807) is 12.1 Å². The van der Waals surface area contributed by atoms with Crippen LogP contribution >= 0.6 is 0 Å². The van der Waals surface area contributed by atoms with Gasteiger partial charge in [-0.25, -0.2) is 0 Å². The highest BCUT2D eigenvalue weighted by atomic mass is 16.2. The first kappa shape index (κ1) is 16.4. The Kier molecular flexibility index (Phi) is 5.05. The summed E-state index contributed by atoms with van der Waals surface area (Å²) in [6.07, 6.45) is 3.83. The number of rotatable bonds is 5. The van der Waals surface area contributed by atoms with Crippen molar-refractivity contribution in [3.63, 3.8) is 0 Å². The molecule has 0 aromatic heterocycles.